The van der Waals surface area contributed by atoms with E-state index in [2.05, 4.69) is 5.10 Å². The van der Waals surface area contributed by atoms with Crippen LogP contribution in [0, 0.1) is 0 Å². The second-order valence-electron chi connectivity index (χ2n) is 2.37. The molecule has 0 bridgehead atoms. The molecule has 1 atom stereocenters. The normalized spacial score (nSPS) is 13.5. The molecular weight excluding hydrogens is 128 g/mol. The van der Waals surface area contributed by atoms with E-state index >= 15 is 0 Å². The Hall–Kier alpha value is -0.830. The molecule has 1 aromatic rings. The summed E-state index contributed by atoms with van der Waals surface area (Å²) in [7, 11) is 1.84. The average Bonchev–Trinajstić information content (AvgIpc) is 2.34. The van der Waals surface area contributed by atoms with Gasteiger partial charge in [0.1, 0.15) is 0 Å². The smallest absolute Gasteiger partial charge is 0.0817 e. The molecule has 0 aliphatic carbocycles. The van der Waals surface area contributed by atoms with E-state index in [4.69, 9.17) is 0 Å². The highest BCUT2D eigenvalue weighted by molar-refractivity contribution is 5.06. The third kappa shape index (κ3) is 1.36. The Labute approximate surface area is 60.3 Å². The van der Waals surface area contributed by atoms with E-state index in [0.29, 0.717) is 0 Å². The molecule has 0 spiro atoms. The van der Waals surface area contributed by atoms with Crippen molar-refractivity contribution in [1.82, 2.24) is 9.78 Å². The van der Waals surface area contributed by atoms with Crippen LogP contribution in [0.4, 0.5) is 0 Å². The maximum Gasteiger partial charge on any atom is 0.0817 e. The Balaban J connectivity index is 2.74. The van der Waals surface area contributed by atoms with Crippen molar-refractivity contribution in [3.05, 3.63) is 18.0 Å². The van der Waals surface area contributed by atoms with Crippen LogP contribution < -0.4 is 0 Å². The number of aromatic nitrogens is 2. The third-order valence-corrected chi connectivity index (χ3v) is 1.50. The molecule has 56 valence electrons. The molecule has 0 saturated heterocycles. The Morgan fingerprint density at radius 2 is 2.50 bits per heavy atom. The number of hydrogen-bond donors (Lipinski definition) is 1. The topological polar surface area (TPSA) is 38.1 Å². The van der Waals surface area contributed by atoms with Crippen molar-refractivity contribution in [1.29, 1.82) is 0 Å². The summed E-state index contributed by atoms with van der Waals surface area (Å²) in [5.41, 5.74) is 0.894. The summed E-state index contributed by atoms with van der Waals surface area (Å²) in [5, 5.41) is 13.2. The summed E-state index contributed by atoms with van der Waals surface area (Å²) in [6, 6.07) is 0. The quantitative estimate of drug-likeness (QED) is 0.661. The van der Waals surface area contributed by atoms with Gasteiger partial charge in [0.05, 0.1) is 12.3 Å². The number of aliphatic hydroxyl groups is 1. The first kappa shape index (κ1) is 7.28. The first-order valence-corrected chi connectivity index (χ1v) is 3.40. The fraction of sp³-hybridized carbons (Fsp3) is 0.571. The Morgan fingerprint density at radius 1 is 1.80 bits per heavy atom. The van der Waals surface area contributed by atoms with Gasteiger partial charge in [-0.2, -0.15) is 5.10 Å². The van der Waals surface area contributed by atoms with Crippen LogP contribution in [0.5, 0.6) is 0 Å². The van der Waals surface area contributed by atoms with Crippen LogP contribution >= 0.6 is 0 Å². The first-order chi connectivity index (χ1) is 4.74. The molecule has 0 saturated carbocycles. The molecule has 1 rings (SSSR count). The Bertz CT molecular complexity index is 207. The van der Waals surface area contributed by atoms with E-state index < -0.39 is 0 Å². The molecule has 0 aliphatic heterocycles. The van der Waals surface area contributed by atoms with Gasteiger partial charge in [-0.3, -0.25) is 4.68 Å². The third-order valence-electron chi connectivity index (χ3n) is 1.50. The van der Waals surface area contributed by atoms with Crippen LogP contribution in [0.1, 0.15) is 25.0 Å². The fourth-order valence-corrected chi connectivity index (χ4v) is 0.848. The standard InChI is InChI=1S/C7H12N2O/c1-3-7(10)6-4-8-9(2)5-6/h4-5,7,10H,3H2,1-2H3. The summed E-state index contributed by atoms with van der Waals surface area (Å²) >= 11 is 0. The van der Waals surface area contributed by atoms with E-state index in [9.17, 15) is 5.11 Å². The van der Waals surface area contributed by atoms with Gasteiger partial charge >= 0.3 is 0 Å². The van der Waals surface area contributed by atoms with Gasteiger partial charge in [-0.05, 0) is 6.42 Å². The zero-order chi connectivity index (χ0) is 7.56. The molecule has 3 nitrogen and oxygen atoms in total. The van der Waals surface area contributed by atoms with Crippen molar-refractivity contribution in [3.63, 3.8) is 0 Å². The highest BCUT2D eigenvalue weighted by Gasteiger charge is 2.04. The van der Waals surface area contributed by atoms with Gasteiger partial charge in [-0.15, -0.1) is 0 Å². The van der Waals surface area contributed by atoms with Gasteiger partial charge in [0.15, 0.2) is 0 Å². The molecule has 0 aliphatic rings. The molecule has 10 heavy (non-hydrogen) atoms. The van der Waals surface area contributed by atoms with E-state index in [-0.39, 0.29) is 6.10 Å². The van der Waals surface area contributed by atoms with E-state index in [1.807, 2.05) is 20.2 Å². The lowest BCUT2D eigenvalue weighted by Gasteiger charge is -2.01. The minimum absolute atomic E-state index is 0.353. The molecule has 1 aromatic heterocycles. The number of aryl methyl sites for hydroxylation is 1. The molecule has 0 aromatic carbocycles. The molecule has 1 heterocycles. The van der Waals surface area contributed by atoms with Crippen LogP contribution in [0.25, 0.3) is 0 Å². The van der Waals surface area contributed by atoms with Crippen molar-refractivity contribution < 1.29 is 5.11 Å². The summed E-state index contributed by atoms with van der Waals surface area (Å²) in [6.07, 6.45) is 3.90. The summed E-state index contributed by atoms with van der Waals surface area (Å²) < 4.78 is 1.69. The second-order valence-corrected chi connectivity index (χ2v) is 2.37. The van der Waals surface area contributed by atoms with Gasteiger partial charge < -0.3 is 5.11 Å². The molecular formula is C7H12N2O. The molecule has 3 heteroatoms. The zero-order valence-corrected chi connectivity index (χ0v) is 6.28. The summed E-state index contributed by atoms with van der Waals surface area (Å²) in [4.78, 5) is 0. The van der Waals surface area contributed by atoms with Crippen molar-refractivity contribution >= 4 is 0 Å². The molecule has 1 unspecified atom stereocenters. The van der Waals surface area contributed by atoms with E-state index in [1.165, 1.54) is 0 Å². The number of rotatable bonds is 2. The lowest BCUT2D eigenvalue weighted by Crippen LogP contribution is -1.92. The number of aliphatic hydroxyl groups excluding tert-OH is 1. The van der Waals surface area contributed by atoms with Crippen LogP contribution in [0.3, 0.4) is 0 Å². The predicted octanol–water partition coefficient (Wildman–Crippen LogP) is 0.863. The fourth-order valence-electron chi connectivity index (χ4n) is 0.848. The van der Waals surface area contributed by atoms with Crippen LogP contribution in [-0.2, 0) is 7.05 Å². The molecule has 0 fully saturated rings. The van der Waals surface area contributed by atoms with Gasteiger partial charge in [0, 0.05) is 18.8 Å². The second kappa shape index (κ2) is 2.84. The number of hydrogen-bond acceptors (Lipinski definition) is 2. The zero-order valence-electron chi connectivity index (χ0n) is 6.28. The van der Waals surface area contributed by atoms with E-state index in [1.54, 1.807) is 10.9 Å². The Kier molecular flexibility index (Phi) is 2.06. The van der Waals surface area contributed by atoms with Crippen molar-refractivity contribution in [2.75, 3.05) is 0 Å². The first-order valence-electron chi connectivity index (χ1n) is 3.40. The maximum absolute atomic E-state index is 9.29. The SMILES string of the molecule is CCC(O)c1cnn(C)c1. The minimum atomic E-state index is -0.353. The molecule has 0 radical (unpaired) electrons. The van der Waals surface area contributed by atoms with Crippen molar-refractivity contribution in [2.24, 2.45) is 7.05 Å². The van der Waals surface area contributed by atoms with Crippen LogP contribution in [0.15, 0.2) is 12.4 Å². The van der Waals surface area contributed by atoms with Gasteiger partial charge in [0.25, 0.3) is 0 Å². The number of nitrogens with zero attached hydrogens (tertiary/aromatic N) is 2. The maximum atomic E-state index is 9.29. The highest BCUT2D eigenvalue weighted by atomic mass is 16.3. The lowest BCUT2D eigenvalue weighted by atomic mass is 10.2. The van der Waals surface area contributed by atoms with Crippen LogP contribution in [0.2, 0.25) is 0 Å². The molecule has 0 amide bonds. The predicted molar refractivity (Wildman–Crippen MR) is 38.5 cm³/mol. The van der Waals surface area contributed by atoms with Crippen LogP contribution in [-0.4, -0.2) is 14.9 Å². The minimum Gasteiger partial charge on any atom is -0.388 e. The average molecular weight is 140 g/mol. The van der Waals surface area contributed by atoms with Gasteiger partial charge in [-0.1, -0.05) is 6.92 Å². The van der Waals surface area contributed by atoms with Crippen molar-refractivity contribution in [2.45, 2.75) is 19.4 Å². The molecule has 1 N–H and O–H groups in total. The van der Waals surface area contributed by atoms with Crippen molar-refractivity contribution in [3.8, 4) is 0 Å². The van der Waals surface area contributed by atoms with Gasteiger partial charge in [-0.25, -0.2) is 0 Å². The summed E-state index contributed by atoms with van der Waals surface area (Å²) in [5.74, 6) is 0. The largest absolute Gasteiger partial charge is 0.388 e. The van der Waals surface area contributed by atoms with Gasteiger partial charge in [0.2, 0.25) is 0 Å². The van der Waals surface area contributed by atoms with E-state index in [0.717, 1.165) is 12.0 Å². The summed E-state index contributed by atoms with van der Waals surface area (Å²) in [6.45, 7) is 1.94. The Morgan fingerprint density at radius 3 is 2.90 bits per heavy atom. The highest BCUT2D eigenvalue weighted by Crippen LogP contribution is 2.13. The monoisotopic (exact) mass is 140 g/mol. The lowest BCUT2D eigenvalue weighted by molar-refractivity contribution is 0.173.